The minimum absolute atomic E-state index is 0.0545. The number of carbonyl (C=O) groups excluding carboxylic acids is 2. The van der Waals surface area contributed by atoms with Crippen LogP contribution < -0.4 is 0 Å². The summed E-state index contributed by atoms with van der Waals surface area (Å²) >= 11 is 0. The fourth-order valence-corrected chi connectivity index (χ4v) is 8.38. The van der Waals surface area contributed by atoms with E-state index in [0.717, 1.165) is 0 Å². The van der Waals surface area contributed by atoms with E-state index in [1.807, 2.05) is 46.7 Å². The predicted molar refractivity (Wildman–Crippen MR) is 191 cm³/mol. The van der Waals surface area contributed by atoms with Gasteiger partial charge in [0.1, 0.15) is 29.7 Å². The number of likely N-dealkylation sites (N-methyl/N-ethyl adjacent to an activating group) is 1. The van der Waals surface area contributed by atoms with E-state index < -0.39 is 102 Å². The molecule has 3 aliphatic rings. The molecule has 3 aliphatic heterocycles. The van der Waals surface area contributed by atoms with Crippen LogP contribution in [0.2, 0.25) is 0 Å². The fourth-order valence-electron chi connectivity index (χ4n) is 8.38. The van der Waals surface area contributed by atoms with Crippen molar-refractivity contribution in [3.05, 3.63) is 0 Å². The summed E-state index contributed by atoms with van der Waals surface area (Å²) in [5, 5.41) is 45.5. The zero-order chi connectivity index (χ0) is 39.7. The number of nitrogens with zero attached hydrogens (tertiary/aromatic N) is 1. The number of rotatable bonds is 8. The maximum Gasteiger partial charge on any atom is 0.311 e. The van der Waals surface area contributed by atoms with Crippen molar-refractivity contribution < 1.29 is 63.2 Å². The molecule has 0 aromatic heterocycles. The van der Waals surface area contributed by atoms with Crippen LogP contribution in [-0.2, 0) is 42.7 Å². The number of hydrogen-bond donors (Lipinski definition) is 4. The van der Waals surface area contributed by atoms with Gasteiger partial charge >= 0.3 is 5.97 Å². The number of aliphatic hydroxyl groups excluding tert-OH is 3. The number of cyclic esters (lactones) is 1. The lowest BCUT2D eigenvalue weighted by Crippen LogP contribution is -2.62. The molecule has 14 heteroatoms. The summed E-state index contributed by atoms with van der Waals surface area (Å²) in [5.74, 6) is -4.33. The Morgan fingerprint density at radius 2 is 1.50 bits per heavy atom. The first kappa shape index (κ1) is 45.1. The van der Waals surface area contributed by atoms with Crippen LogP contribution in [0.25, 0.3) is 0 Å². The van der Waals surface area contributed by atoms with Gasteiger partial charge in [0.15, 0.2) is 12.6 Å². The normalized spacial score (nSPS) is 49.0. The lowest BCUT2D eigenvalue weighted by Gasteiger charge is -2.50. The number of methoxy groups -OCH3 is 2. The molecule has 18 atom stereocenters. The summed E-state index contributed by atoms with van der Waals surface area (Å²) < 4.78 is 43.9. The topological polar surface area (TPSA) is 183 Å². The van der Waals surface area contributed by atoms with Crippen molar-refractivity contribution in [1.29, 1.82) is 0 Å². The molecule has 3 saturated heterocycles. The Morgan fingerprint density at radius 1 is 0.885 bits per heavy atom. The van der Waals surface area contributed by atoms with Gasteiger partial charge in [0, 0.05) is 44.9 Å². The quantitative estimate of drug-likeness (QED) is 0.266. The van der Waals surface area contributed by atoms with Gasteiger partial charge in [-0.3, -0.25) is 9.59 Å². The highest BCUT2D eigenvalue weighted by molar-refractivity contribution is 5.81. The van der Waals surface area contributed by atoms with Crippen LogP contribution in [-0.4, -0.2) is 150 Å². The number of carbonyl (C=O) groups is 2. The van der Waals surface area contributed by atoms with Crippen LogP contribution in [0, 0.1) is 23.7 Å². The summed E-state index contributed by atoms with van der Waals surface area (Å²) in [7, 11) is 6.77. The third kappa shape index (κ3) is 9.21. The third-order valence-electron chi connectivity index (χ3n) is 12.6. The zero-order valence-corrected chi connectivity index (χ0v) is 33.9. The van der Waals surface area contributed by atoms with Crippen molar-refractivity contribution in [3.8, 4) is 0 Å². The SMILES string of the molecule is CC[C@H]1OC(=O)[C@H](C)[C@@H](O[C@H]2C[C@@](C)(OC)[C@@H](O)[C@H](C)O2)[C@H](C)[C@@H](O[C@@H]2O[C@H](C)C[C@H](N(C)C)[C@@H]2O)[C@](C)(OC)[C@H](C)CC(=O)[C@H](C)[C@@H](O)[C@]1(C)O. The number of esters is 1. The van der Waals surface area contributed by atoms with E-state index in [1.165, 1.54) is 21.1 Å². The average molecular weight is 748 g/mol. The molecule has 0 unspecified atom stereocenters. The molecule has 14 nitrogen and oxygen atoms in total. The van der Waals surface area contributed by atoms with E-state index in [4.69, 9.17) is 33.2 Å². The highest BCUT2D eigenvalue weighted by Gasteiger charge is 2.54. The standard InChI is InChI=1S/C38H69NO13/c1-15-27-37(9,45)31(42)21(4)26(40)16-19(2)38(10,47-14)33(52-35-29(41)25(39(11)12)17-20(3)48-35)22(5)30(23(6)34(44)50-27)51-28-18-36(8,46-13)32(43)24(7)49-28/h19-25,27-33,35,41-43,45H,15-18H2,1-14H3/t19-,20-,21+,22+,23-,24+,25+,27-,28+,29+,30+,31-,32+,33-,35+,36-,37-,38-/m1/s1. The Hall–Kier alpha value is -1.30. The molecule has 304 valence electrons. The second-order valence-electron chi connectivity index (χ2n) is 16.6. The van der Waals surface area contributed by atoms with Crippen molar-refractivity contribution >= 4 is 11.8 Å². The largest absolute Gasteiger partial charge is 0.459 e. The third-order valence-corrected chi connectivity index (χ3v) is 12.6. The molecular formula is C38H69NO13. The van der Waals surface area contributed by atoms with Gasteiger partial charge in [-0.1, -0.05) is 27.7 Å². The van der Waals surface area contributed by atoms with E-state index >= 15 is 0 Å². The summed E-state index contributed by atoms with van der Waals surface area (Å²) in [6, 6.07) is -0.285. The van der Waals surface area contributed by atoms with E-state index in [0.29, 0.717) is 6.42 Å². The van der Waals surface area contributed by atoms with Crippen molar-refractivity contribution in [2.24, 2.45) is 23.7 Å². The average Bonchev–Trinajstić information content (AvgIpc) is 3.09. The number of Topliss-reactive ketones (excluding diaryl/α,β-unsaturated/α-hetero) is 1. The van der Waals surface area contributed by atoms with Gasteiger partial charge in [-0.05, 0) is 74.4 Å². The molecule has 0 bridgehead atoms. The van der Waals surface area contributed by atoms with Gasteiger partial charge in [-0.15, -0.1) is 0 Å². The second-order valence-corrected chi connectivity index (χ2v) is 16.6. The summed E-state index contributed by atoms with van der Waals surface area (Å²) in [5.41, 5.74) is -4.25. The van der Waals surface area contributed by atoms with Crippen LogP contribution in [0.1, 0.15) is 94.9 Å². The van der Waals surface area contributed by atoms with E-state index in [2.05, 4.69) is 0 Å². The number of aliphatic hydroxyl groups is 4. The van der Waals surface area contributed by atoms with Crippen LogP contribution >= 0.6 is 0 Å². The highest BCUT2D eigenvalue weighted by atomic mass is 16.7. The molecular weight excluding hydrogens is 678 g/mol. The molecule has 0 aromatic rings. The number of ether oxygens (including phenoxy) is 7. The predicted octanol–water partition coefficient (Wildman–Crippen LogP) is 2.44. The zero-order valence-electron chi connectivity index (χ0n) is 33.9. The molecule has 3 rings (SSSR count). The minimum Gasteiger partial charge on any atom is -0.459 e. The summed E-state index contributed by atoms with van der Waals surface area (Å²) in [6.45, 7) is 17.2. The maximum absolute atomic E-state index is 14.2. The smallest absolute Gasteiger partial charge is 0.311 e. The highest BCUT2D eigenvalue weighted by Crippen LogP contribution is 2.42. The summed E-state index contributed by atoms with van der Waals surface area (Å²) in [6.07, 6.45) is -8.91. The Labute approximate surface area is 310 Å². The Bertz CT molecular complexity index is 1190. The molecule has 0 radical (unpaired) electrons. The van der Waals surface area contributed by atoms with Crippen LogP contribution in [0.15, 0.2) is 0 Å². The maximum atomic E-state index is 14.2. The minimum atomic E-state index is -1.96. The van der Waals surface area contributed by atoms with Gasteiger partial charge in [-0.25, -0.2) is 0 Å². The molecule has 0 spiro atoms. The first-order chi connectivity index (χ1) is 24.0. The lowest BCUT2D eigenvalue weighted by molar-refractivity contribution is -0.321. The van der Waals surface area contributed by atoms with Gasteiger partial charge in [0.2, 0.25) is 0 Å². The molecule has 3 heterocycles. The Kier molecular flexibility index (Phi) is 15.3. The fraction of sp³-hybridized carbons (Fsp3) is 0.947. The number of hydrogen-bond acceptors (Lipinski definition) is 14. The Balaban J connectivity index is 2.23. The van der Waals surface area contributed by atoms with Crippen molar-refractivity contribution in [2.45, 2.75) is 179 Å². The van der Waals surface area contributed by atoms with E-state index in [1.54, 1.807) is 34.6 Å². The van der Waals surface area contributed by atoms with Crippen LogP contribution in [0.3, 0.4) is 0 Å². The monoisotopic (exact) mass is 747 g/mol. The van der Waals surface area contributed by atoms with E-state index in [-0.39, 0.29) is 37.2 Å². The second kappa shape index (κ2) is 17.7. The van der Waals surface area contributed by atoms with Gasteiger partial charge < -0.3 is 58.5 Å². The molecule has 4 N–H and O–H groups in total. The molecule has 3 fully saturated rings. The lowest BCUT2D eigenvalue weighted by atomic mass is 9.72. The summed E-state index contributed by atoms with van der Waals surface area (Å²) in [4.78, 5) is 30.0. The molecule has 52 heavy (non-hydrogen) atoms. The van der Waals surface area contributed by atoms with Gasteiger partial charge in [-0.2, -0.15) is 0 Å². The first-order valence-electron chi connectivity index (χ1n) is 18.9. The molecule has 0 aliphatic carbocycles. The first-order valence-corrected chi connectivity index (χ1v) is 18.9. The Morgan fingerprint density at radius 3 is 2.04 bits per heavy atom. The van der Waals surface area contributed by atoms with E-state index in [9.17, 15) is 30.0 Å². The van der Waals surface area contributed by atoms with Crippen LogP contribution in [0.4, 0.5) is 0 Å². The van der Waals surface area contributed by atoms with Crippen LogP contribution in [0.5, 0.6) is 0 Å². The van der Waals surface area contributed by atoms with Gasteiger partial charge in [0.25, 0.3) is 0 Å². The molecule has 0 aromatic carbocycles. The van der Waals surface area contributed by atoms with Crippen molar-refractivity contribution in [2.75, 3.05) is 28.3 Å². The molecule has 0 saturated carbocycles. The van der Waals surface area contributed by atoms with Crippen molar-refractivity contribution in [1.82, 2.24) is 4.90 Å². The molecule has 0 amide bonds. The van der Waals surface area contributed by atoms with Crippen molar-refractivity contribution in [3.63, 3.8) is 0 Å². The van der Waals surface area contributed by atoms with Gasteiger partial charge in [0.05, 0.1) is 47.6 Å². The number of ketones is 1.